The van der Waals surface area contributed by atoms with Gasteiger partial charge in [0.15, 0.2) is 21.6 Å². The highest BCUT2D eigenvalue weighted by Gasteiger charge is 2.49. The molecule has 236 valence electrons. The Labute approximate surface area is 278 Å². The zero-order chi connectivity index (χ0) is 32.4. The number of rotatable bonds is 11. The summed E-state index contributed by atoms with van der Waals surface area (Å²) in [5.74, 6) is -0.528. The first-order chi connectivity index (χ1) is 22.3. The number of aryl methyl sites for hydroxylation is 1. The largest absolute Gasteiger partial charge is 0.505 e. The van der Waals surface area contributed by atoms with Gasteiger partial charge in [0.05, 0.1) is 31.0 Å². The molecule has 1 fully saturated rings. The number of ketones is 1. The second kappa shape index (κ2) is 13.5. The Balaban J connectivity index is 1.45. The Morgan fingerprint density at radius 2 is 1.89 bits per heavy atom. The van der Waals surface area contributed by atoms with Crippen molar-refractivity contribution >= 4 is 62.9 Å². The van der Waals surface area contributed by atoms with Gasteiger partial charge in [-0.15, -0.1) is 10.2 Å². The number of Topliss-reactive ketones (excluding diaryl/α,β-unsaturated/α-hetero) is 1. The maximum Gasteiger partial charge on any atom is 0.301 e. The van der Waals surface area contributed by atoms with E-state index < -0.39 is 17.7 Å². The number of anilines is 1. The number of nitrogens with zero attached hydrogens (tertiary/aromatic N) is 5. The molecule has 4 heterocycles. The van der Waals surface area contributed by atoms with E-state index in [0.29, 0.717) is 55.8 Å². The van der Waals surface area contributed by atoms with Crippen LogP contribution in [0.3, 0.4) is 0 Å². The average Bonchev–Trinajstić information content (AvgIpc) is 3.74. The van der Waals surface area contributed by atoms with E-state index >= 15 is 0 Å². The number of halogens is 1. The maximum atomic E-state index is 13.8. The summed E-state index contributed by atoms with van der Waals surface area (Å²) in [6, 6.07) is 17.1. The van der Waals surface area contributed by atoms with Gasteiger partial charge in [-0.2, -0.15) is 0 Å². The number of hydrogen-bond acceptors (Lipinski definition) is 10. The first-order valence-electron chi connectivity index (χ1n) is 14.6. The number of imidazole rings is 1. The number of hydrogen-bond donors (Lipinski definition) is 1. The van der Waals surface area contributed by atoms with E-state index in [9.17, 15) is 14.7 Å². The second-order valence-electron chi connectivity index (χ2n) is 10.5. The average molecular weight is 676 g/mol. The lowest BCUT2D eigenvalue weighted by molar-refractivity contribution is -0.132. The third kappa shape index (κ3) is 5.95. The molecule has 1 atom stereocenters. The lowest BCUT2D eigenvalue weighted by Crippen LogP contribution is -2.29. The number of carbonyl (C=O) groups excluding carboxylic acids is 2. The van der Waals surface area contributed by atoms with Gasteiger partial charge in [-0.25, -0.2) is 4.98 Å². The molecule has 0 bridgehead atoms. The molecule has 0 radical (unpaired) electrons. The van der Waals surface area contributed by atoms with Gasteiger partial charge in [0.2, 0.25) is 5.13 Å². The Morgan fingerprint density at radius 1 is 1.09 bits per heavy atom. The van der Waals surface area contributed by atoms with Crippen molar-refractivity contribution in [3.8, 4) is 11.5 Å². The molecule has 1 N–H and O–H groups in total. The van der Waals surface area contributed by atoms with Gasteiger partial charge in [-0.05, 0) is 54.8 Å². The summed E-state index contributed by atoms with van der Waals surface area (Å²) in [6.45, 7) is 4.33. The second-order valence-corrected chi connectivity index (χ2v) is 13.1. The van der Waals surface area contributed by atoms with Crippen molar-refractivity contribution in [3.05, 3.63) is 100.0 Å². The summed E-state index contributed by atoms with van der Waals surface area (Å²) in [4.78, 5) is 33.5. The fourth-order valence-electron chi connectivity index (χ4n) is 5.28. The predicted octanol–water partition coefficient (Wildman–Crippen LogP) is 7.25. The molecule has 2 aromatic carbocycles. The minimum absolute atomic E-state index is 0.0964. The fraction of sp³-hybridized carbons (Fsp3) is 0.242. The third-order valence-corrected chi connectivity index (χ3v) is 10.0. The highest BCUT2D eigenvalue weighted by molar-refractivity contribution is 8.00. The molecule has 10 nitrogen and oxygen atoms in total. The number of pyridine rings is 1. The number of aliphatic hydroxyl groups excluding tert-OH is 1. The van der Waals surface area contributed by atoms with Crippen molar-refractivity contribution in [3.63, 3.8) is 0 Å². The monoisotopic (exact) mass is 675 g/mol. The van der Waals surface area contributed by atoms with Gasteiger partial charge in [-0.3, -0.25) is 18.9 Å². The van der Waals surface area contributed by atoms with E-state index in [1.165, 1.54) is 35.1 Å². The van der Waals surface area contributed by atoms with Crippen molar-refractivity contribution in [2.24, 2.45) is 0 Å². The van der Waals surface area contributed by atoms with Crippen LogP contribution in [0, 0.1) is 6.92 Å². The Morgan fingerprint density at radius 3 is 2.67 bits per heavy atom. The Kier molecular flexibility index (Phi) is 9.29. The van der Waals surface area contributed by atoms with Crippen LogP contribution in [0.5, 0.6) is 11.5 Å². The number of aliphatic hydroxyl groups is 1. The van der Waals surface area contributed by atoms with Crippen molar-refractivity contribution in [2.45, 2.75) is 42.8 Å². The minimum atomic E-state index is -1.04. The van der Waals surface area contributed by atoms with Crippen LogP contribution in [0.4, 0.5) is 5.13 Å². The van der Waals surface area contributed by atoms with Crippen LogP contribution in [-0.4, -0.2) is 50.1 Å². The van der Waals surface area contributed by atoms with Crippen LogP contribution in [0.15, 0.2) is 76.8 Å². The summed E-state index contributed by atoms with van der Waals surface area (Å²) in [6.07, 6.45) is 3.59. The minimum Gasteiger partial charge on any atom is -0.505 e. The quantitative estimate of drug-likeness (QED) is 0.0385. The van der Waals surface area contributed by atoms with Crippen LogP contribution in [0.1, 0.15) is 48.3 Å². The first-order valence-corrected chi connectivity index (χ1v) is 16.8. The molecule has 1 aliphatic rings. The van der Waals surface area contributed by atoms with E-state index in [2.05, 4.69) is 22.1 Å². The molecule has 0 aliphatic carbocycles. The van der Waals surface area contributed by atoms with Gasteiger partial charge >= 0.3 is 5.91 Å². The molecule has 3 aromatic heterocycles. The molecule has 1 amide bonds. The molecule has 0 saturated carbocycles. The van der Waals surface area contributed by atoms with Gasteiger partial charge in [0.1, 0.15) is 11.3 Å². The van der Waals surface area contributed by atoms with E-state index in [4.69, 9.17) is 21.1 Å². The van der Waals surface area contributed by atoms with E-state index in [1.807, 2.05) is 30.3 Å². The SMILES string of the molecule is CCCCOc1ccc(C2C(=C(O)c3c(C)nc4ccccn34)C(=O)C(=O)N2c2nnc(SCc3ccccc3Cl)s2)cc1OC. The van der Waals surface area contributed by atoms with Crippen molar-refractivity contribution < 1.29 is 24.2 Å². The normalized spacial score (nSPS) is 16.0. The number of ether oxygens (including phenoxy) is 2. The smallest absolute Gasteiger partial charge is 0.301 e. The lowest BCUT2D eigenvalue weighted by Gasteiger charge is -2.23. The fourth-order valence-corrected chi connectivity index (χ4v) is 7.44. The number of carbonyl (C=O) groups is 2. The van der Waals surface area contributed by atoms with Crippen LogP contribution < -0.4 is 14.4 Å². The number of amides is 1. The van der Waals surface area contributed by atoms with E-state index in [1.54, 1.807) is 47.9 Å². The van der Waals surface area contributed by atoms with Gasteiger partial charge in [-0.1, -0.05) is 78.4 Å². The molecule has 46 heavy (non-hydrogen) atoms. The summed E-state index contributed by atoms with van der Waals surface area (Å²) in [7, 11) is 1.53. The summed E-state index contributed by atoms with van der Waals surface area (Å²) in [5.41, 5.74) is 2.77. The van der Waals surface area contributed by atoms with Gasteiger partial charge < -0.3 is 14.6 Å². The summed E-state index contributed by atoms with van der Waals surface area (Å²) in [5, 5.41) is 21.3. The van der Waals surface area contributed by atoms with Crippen LogP contribution in [0.2, 0.25) is 5.02 Å². The van der Waals surface area contributed by atoms with Crippen molar-refractivity contribution in [1.82, 2.24) is 19.6 Å². The van der Waals surface area contributed by atoms with Crippen LogP contribution in [0.25, 0.3) is 11.4 Å². The predicted molar refractivity (Wildman–Crippen MR) is 179 cm³/mol. The number of benzene rings is 2. The zero-order valence-corrected chi connectivity index (χ0v) is 27.7. The highest BCUT2D eigenvalue weighted by Crippen LogP contribution is 2.46. The standard InChI is InChI=1S/C33H30ClN5O5S2/c1-4-5-16-44-23-14-13-20(17-24(23)43-3)28-26(29(40)27-19(2)35-25-12-8-9-15-38(25)27)30(41)31(42)39(28)32-36-37-33(46-32)45-18-21-10-6-7-11-22(21)34/h6-15,17,28,40H,4-5,16,18H2,1-3H3. The number of unbranched alkanes of at least 4 members (excludes halogenated alkanes) is 1. The molecule has 1 aliphatic heterocycles. The molecule has 6 rings (SSSR count). The zero-order valence-electron chi connectivity index (χ0n) is 25.3. The van der Waals surface area contributed by atoms with E-state index in [-0.39, 0.29) is 16.5 Å². The topological polar surface area (TPSA) is 119 Å². The third-order valence-electron chi connectivity index (χ3n) is 7.54. The Bertz CT molecular complexity index is 1970. The number of thioether (sulfide) groups is 1. The van der Waals surface area contributed by atoms with Gasteiger partial charge in [0, 0.05) is 17.0 Å². The van der Waals surface area contributed by atoms with E-state index in [0.717, 1.165) is 18.4 Å². The molecular formula is C33H30ClN5O5S2. The Hall–Kier alpha value is -4.39. The van der Waals surface area contributed by atoms with Crippen LogP contribution >= 0.6 is 34.7 Å². The summed E-state index contributed by atoms with van der Waals surface area (Å²) < 4.78 is 13.9. The molecular weight excluding hydrogens is 646 g/mol. The molecule has 1 saturated heterocycles. The maximum absolute atomic E-state index is 13.8. The van der Waals surface area contributed by atoms with Crippen molar-refractivity contribution in [2.75, 3.05) is 18.6 Å². The molecule has 0 spiro atoms. The molecule has 5 aromatic rings. The molecule has 1 unspecified atom stereocenters. The highest BCUT2D eigenvalue weighted by atomic mass is 35.5. The number of fused-ring (bicyclic) bond motifs is 1. The number of aromatic nitrogens is 4. The summed E-state index contributed by atoms with van der Waals surface area (Å²) >= 11 is 8.93. The van der Waals surface area contributed by atoms with Crippen molar-refractivity contribution in [1.29, 1.82) is 0 Å². The first kappa shape index (κ1) is 31.6. The number of methoxy groups -OCH3 is 1. The lowest BCUT2D eigenvalue weighted by atomic mass is 9.96. The van der Waals surface area contributed by atoms with Crippen LogP contribution in [-0.2, 0) is 15.3 Å². The van der Waals surface area contributed by atoms with Gasteiger partial charge in [0.25, 0.3) is 5.78 Å². The molecule has 13 heteroatoms.